The fourth-order valence-electron chi connectivity index (χ4n) is 9.70. The van der Waals surface area contributed by atoms with E-state index >= 15 is 0 Å². The molecule has 1 aliphatic rings. The van der Waals surface area contributed by atoms with Gasteiger partial charge in [0.1, 0.15) is 6.04 Å². The van der Waals surface area contributed by atoms with Crippen molar-refractivity contribution in [1.82, 2.24) is 20.0 Å². The van der Waals surface area contributed by atoms with Crippen LogP contribution in [0.1, 0.15) is 79.7 Å². The van der Waals surface area contributed by atoms with Gasteiger partial charge in [0.2, 0.25) is 17.7 Å². The van der Waals surface area contributed by atoms with Gasteiger partial charge in [-0.25, -0.2) is 8.51 Å². The van der Waals surface area contributed by atoms with Crippen LogP contribution in [0, 0.1) is 29.6 Å². The lowest BCUT2D eigenvalue weighted by atomic mass is 9.79. The van der Waals surface area contributed by atoms with Crippen molar-refractivity contribution in [2.45, 2.75) is 129 Å². The molecule has 1 fully saturated rings. The number of nitrogens with one attached hydrogen (secondary N) is 2. The second kappa shape index (κ2) is 25.9. The first-order valence-electron chi connectivity index (χ1n) is 23.1. The smallest absolute Gasteiger partial charge is 0.379 e. The Hall–Kier alpha value is -4.47. The Morgan fingerprint density at radius 2 is 1.50 bits per heavy atom. The van der Waals surface area contributed by atoms with Gasteiger partial charge in [0.05, 0.1) is 48.2 Å². The summed E-state index contributed by atoms with van der Waals surface area (Å²) in [5.74, 6) is -5.73. The number of carbonyl (C=O) groups excluding carboxylic acids is 5. The van der Waals surface area contributed by atoms with E-state index in [-0.39, 0.29) is 59.8 Å². The summed E-state index contributed by atoms with van der Waals surface area (Å²) < 4.78 is 74.2. The molecule has 1 heterocycles. The summed E-state index contributed by atoms with van der Waals surface area (Å²) in [4.78, 5) is 74.5. The van der Waals surface area contributed by atoms with Crippen molar-refractivity contribution in [3.63, 3.8) is 0 Å². The molecule has 1 aliphatic heterocycles. The predicted molar refractivity (Wildman–Crippen MR) is 256 cm³/mol. The Balaban J connectivity index is 1.90. The number of alkyl halides is 3. The van der Waals surface area contributed by atoms with E-state index in [9.17, 15) is 45.9 Å². The molecular formula is C48H74F3N7O9S. The molecule has 20 heteroatoms. The van der Waals surface area contributed by atoms with E-state index < -0.39 is 83.4 Å². The van der Waals surface area contributed by atoms with Gasteiger partial charge in [-0.1, -0.05) is 85.2 Å². The summed E-state index contributed by atoms with van der Waals surface area (Å²) >= 11 is -3.02. The van der Waals surface area contributed by atoms with E-state index in [0.29, 0.717) is 35.7 Å². The minimum atomic E-state index is -5.17. The van der Waals surface area contributed by atoms with E-state index in [2.05, 4.69) is 24.1 Å². The monoisotopic (exact) mass is 982 g/mol. The van der Waals surface area contributed by atoms with Crippen LogP contribution >= 0.6 is 0 Å². The van der Waals surface area contributed by atoms with Crippen LogP contribution < -0.4 is 20.7 Å². The molecule has 5 N–H and O–H groups in total. The number of likely N-dealkylation sites (tertiary alicyclic amines) is 1. The van der Waals surface area contributed by atoms with Crippen molar-refractivity contribution < 1.29 is 55.4 Å². The standard InChI is InChI=1S/C48H74F3N7O9S/c1-13-30(6)42(56(10)46(62)39(28(2)3)40(52)41(29(4)5)55(8)9)37(66-11)27-38(59)57-25-17-20-36(57)43(67-12)31(7)44(60)54-35(26-32-18-15-14-16-19-32)45(61)58(68(64)65)34-23-21-33(22-24-34)53-47(63)48(49,50)51/h14-16,18-19,21-24,28-31,35-37,39-43H,13,17,20,25-27,52H2,1-12H3,(H,53,63)(H,54,60)(H,64,65)/t30-,31+,35-,36-,37+,39-,40?,41-,42-,43+/m0/s1. The van der Waals surface area contributed by atoms with Crippen LogP contribution in [0.2, 0.25) is 0 Å². The average Bonchev–Trinajstić information content (AvgIpc) is 3.75. The third-order valence-corrected chi connectivity index (χ3v) is 13.9. The number of carbonyl (C=O) groups is 5. The van der Waals surface area contributed by atoms with Gasteiger partial charge in [0.25, 0.3) is 17.2 Å². The SMILES string of the molecule is CC[C@H](C)[C@@H]([C@@H](CC(=O)N1CCC[C@H]1[C@H](OC)[C@@H](C)C(=O)N[C@@H](Cc1ccccc1)C(=O)N(c1ccc(NC(=O)C(F)(F)F)cc1)S(=O)O)OC)N(C)C(=O)[C@@H](C(C)C)C(N)[C@H](C(C)C)N(C)C. The molecule has 0 aliphatic carbocycles. The fraction of sp³-hybridized carbons (Fsp3) is 0.646. The molecular weight excluding hydrogens is 908 g/mol. The van der Waals surface area contributed by atoms with Crippen LogP contribution in [-0.2, 0) is 51.1 Å². The van der Waals surface area contributed by atoms with Crippen molar-refractivity contribution in [3.05, 3.63) is 60.2 Å². The molecule has 0 aromatic heterocycles. The molecule has 0 bridgehead atoms. The number of amides is 5. The molecule has 68 heavy (non-hydrogen) atoms. The minimum absolute atomic E-state index is 0.0664. The van der Waals surface area contributed by atoms with Crippen LogP contribution in [0.3, 0.4) is 0 Å². The van der Waals surface area contributed by atoms with E-state index in [0.717, 1.165) is 24.3 Å². The van der Waals surface area contributed by atoms with E-state index in [1.54, 1.807) is 59.4 Å². The van der Waals surface area contributed by atoms with Crippen molar-refractivity contribution >= 4 is 52.2 Å². The number of nitrogens with two attached hydrogens (primary N) is 1. The van der Waals surface area contributed by atoms with Crippen LogP contribution in [0.4, 0.5) is 24.5 Å². The van der Waals surface area contributed by atoms with Gasteiger partial charge in [0.15, 0.2) is 0 Å². The van der Waals surface area contributed by atoms with Gasteiger partial charge in [-0.2, -0.15) is 13.2 Å². The Labute approximate surface area is 402 Å². The summed E-state index contributed by atoms with van der Waals surface area (Å²) in [6.45, 7) is 14.2. The highest BCUT2D eigenvalue weighted by Crippen LogP contribution is 2.32. The molecule has 382 valence electrons. The fourth-order valence-corrected chi connectivity index (χ4v) is 10.3. The number of likely N-dealkylation sites (N-methyl/N-ethyl adjacent to an activating group) is 2. The lowest BCUT2D eigenvalue weighted by Crippen LogP contribution is -2.59. The number of nitrogens with zero attached hydrogens (tertiary/aromatic N) is 4. The van der Waals surface area contributed by atoms with Crippen LogP contribution in [0.15, 0.2) is 54.6 Å². The van der Waals surface area contributed by atoms with Gasteiger partial charge < -0.3 is 40.5 Å². The Morgan fingerprint density at radius 3 is 1.99 bits per heavy atom. The van der Waals surface area contributed by atoms with E-state index in [1.165, 1.54) is 14.2 Å². The lowest BCUT2D eigenvalue weighted by Gasteiger charge is -2.43. The maximum atomic E-state index is 14.6. The molecule has 0 spiro atoms. The minimum Gasteiger partial charge on any atom is -0.379 e. The van der Waals surface area contributed by atoms with E-state index in [1.807, 2.05) is 41.8 Å². The first-order chi connectivity index (χ1) is 31.8. The molecule has 16 nitrogen and oxygen atoms in total. The summed E-state index contributed by atoms with van der Waals surface area (Å²) in [6, 6.07) is 9.76. The first-order valence-corrected chi connectivity index (χ1v) is 24.2. The summed E-state index contributed by atoms with van der Waals surface area (Å²) in [6.07, 6.45) is -5.13. The number of halogens is 3. The highest BCUT2D eigenvalue weighted by molar-refractivity contribution is 7.81. The topological polar surface area (TPSA) is 204 Å². The van der Waals surface area contributed by atoms with E-state index in [4.69, 9.17) is 15.2 Å². The summed E-state index contributed by atoms with van der Waals surface area (Å²) in [7, 11) is 8.63. The normalized spacial score (nSPS) is 18.8. The second-order valence-electron chi connectivity index (χ2n) is 18.7. The Kier molecular flexibility index (Phi) is 22.1. The second-order valence-corrected chi connectivity index (χ2v) is 19.6. The Morgan fingerprint density at radius 1 is 0.897 bits per heavy atom. The molecule has 11 atom stereocenters. The highest BCUT2D eigenvalue weighted by atomic mass is 32.2. The maximum Gasteiger partial charge on any atom is 0.471 e. The molecule has 5 amide bonds. The molecule has 3 rings (SSSR count). The van der Waals surface area contributed by atoms with Crippen molar-refractivity contribution in [2.75, 3.05) is 51.5 Å². The summed E-state index contributed by atoms with van der Waals surface area (Å²) in [5, 5.41) is 4.41. The van der Waals surface area contributed by atoms with Gasteiger partial charge in [0, 0.05) is 52.0 Å². The van der Waals surface area contributed by atoms with Crippen LogP contribution in [0.25, 0.3) is 0 Å². The van der Waals surface area contributed by atoms with Crippen molar-refractivity contribution in [1.29, 1.82) is 0 Å². The number of anilines is 2. The number of ether oxygens (including phenoxy) is 2. The highest BCUT2D eigenvalue weighted by Gasteiger charge is 2.45. The largest absolute Gasteiger partial charge is 0.471 e. The Bertz CT molecular complexity index is 1990. The molecule has 2 aromatic carbocycles. The molecule has 0 radical (unpaired) electrons. The van der Waals surface area contributed by atoms with Crippen LogP contribution in [0.5, 0.6) is 0 Å². The van der Waals surface area contributed by atoms with Crippen LogP contribution in [-0.4, -0.2) is 143 Å². The molecule has 2 aromatic rings. The zero-order valence-corrected chi connectivity index (χ0v) is 42.3. The zero-order valence-electron chi connectivity index (χ0n) is 41.5. The first kappa shape index (κ1) is 57.8. The average molecular weight is 982 g/mol. The van der Waals surface area contributed by atoms with Crippen molar-refractivity contribution in [2.24, 2.45) is 35.3 Å². The maximum absolute atomic E-state index is 14.6. The number of hydrogen-bond donors (Lipinski definition) is 4. The van der Waals surface area contributed by atoms with Gasteiger partial charge in [-0.15, -0.1) is 0 Å². The van der Waals surface area contributed by atoms with Gasteiger partial charge in [-0.05, 0) is 74.5 Å². The molecule has 0 saturated carbocycles. The van der Waals surface area contributed by atoms with Gasteiger partial charge >= 0.3 is 12.1 Å². The number of hydrogen-bond acceptors (Lipinski definition) is 10. The number of rotatable bonds is 24. The third-order valence-electron chi connectivity index (χ3n) is 13.2. The lowest BCUT2D eigenvalue weighted by molar-refractivity contribution is -0.167. The molecule has 1 saturated heterocycles. The summed E-state index contributed by atoms with van der Waals surface area (Å²) in [5.41, 5.74) is 7.04. The predicted octanol–water partition coefficient (Wildman–Crippen LogP) is 5.49. The molecule has 2 unspecified atom stereocenters. The third kappa shape index (κ3) is 14.8. The number of benzene rings is 2. The number of methoxy groups -OCH3 is 2. The van der Waals surface area contributed by atoms with Gasteiger partial charge in [-0.3, -0.25) is 28.5 Å². The zero-order chi connectivity index (χ0) is 51.4. The quantitative estimate of drug-likeness (QED) is 0.0969. The van der Waals surface area contributed by atoms with Crippen molar-refractivity contribution in [3.8, 4) is 0 Å².